The number of hydrogen-bond acceptors (Lipinski definition) is 2. The van der Waals surface area contributed by atoms with Crippen LogP contribution in [0.5, 0.6) is 0 Å². The summed E-state index contributed by atoms with van der Waals surface area (Å²) in [6, 6.07) is 0.132. The number of hydrogen-bond donors (Lipinski definition) is 1. The Morgan fingerprint density at radius 2 is 2.25 bits per heavy atom. The zero-order valence-electron chi connectivity index (χ0n) is 8.13. The smallest absolute Gasteiger partial charge is 0.222 e. The van der Waals surface area contributed by atoms with E-state index in [1.165, 1.54) is 0 Å². The quantitative estimate of drug-likeness (QED) is 0.630. The molecule has 0 aliphatic carbocycles. The summed E-state index contributed by atoms with van der Waals surface area (Å²) in [7, 11) is 0. The van der Waals surface area contributed by atoms with Crippen LogP contribution in [0.4, 0.5) is 0 Å². The van der Waals surface area contributed by atoms with Crippen molar-refractivity contribution < 1.29 is 4.79 Å². The minimum atomic E-state index is -0.146. The van der Waals surface area contributed by atoms with Crippen molar-refractivity contribution in [1.29, 1.82) is 0 Å². The van der Waals surface area contributed by atoms with Gasteiger partial charge in [0.2, 0.25) is 5.91 Å². The molecule has 3 nitrogen and oxygen atoms in total. The van der Waals surface area contributed by atoms with Crippen molar-refractivity contribution in [1.82, 2.24) is 4.90 Å². The van der Waals surface area contributed by atoms with E-state index in [2.05, 4.69) is 0 Å². The van der Waals surface area contributed by atoms with Crippen LogP contribution >= 0.6 is 0 Å². The molecule has 1 aliphatic rings. The summed E-state index contributed by atoms with van der Waals surface area (Å²) in [6.45, 7) is 6.79. The second kappa shape index (κ2) is 3.05. The molecule has 0 spiro atoms. The summed E-state index contributed by atoms with van der Waals surface area (Å²) in [6.07, 6.45) is 1.51. The maximum absolute atomic E-state index is 11.4. The van der Waals surface area contributed by atoms with Crippen molar-refractivity contribution in [2.45, 2.75) is 45.2 Å². The van der Waals surface area contributed by atoms with E-state index in [1.807, 2.05) is 25.7 Å². The monoisotopic (exact) mass is 170 g/mol. The highest BCUT2D eigenvalue weighted by atomic mass is 16.2. The summed E-state index contributed by atoms with van der Waals surface area (Å²) in [4.78, 5) is 13.3. The Balaban J connectivity index is 2.74. The molecule has 1 aliphatic heterocycles. The van der Waals surface area contributed by atoms with Crippen LogP contribution in [-0.4, -0.2) is 28.9 Å². The van der Waals surface area contributed by atoms with E-state index < -0.39 is 0 Å². The van der Waals surface area contributed by atoms with Gasteiger partial charge in [0.1, 0.15) is 0 Å². The first-order chi connectivity index (χ1) is 5.50. The molecule has 1 amide bonds. The third-order valence-corrected chi connectivity index (χ3v) is 2.87. The molecule has 0 saturated carbocycles. The van der Waals surface area contributed by atoms with Crippen molar-refractivity contribution in [3.05, 3.63) is 0 Å². The van der Waals surface area contributed by atoms with Gasteiger partial charge in [0, 0.05) is 19.0 Å². The van der Waals surface area contributed by atoms with Gasteiger partial charge in [0.15, 0.2) is 0 Å². The van der Waals surface area contributed by atoms with Crippen LogP contribution in [0.25, 0.3) is 0 Å². The molecule has 70 valence electrons. The standard InChI is InChI=1S/C9H18N2O/c1-4-8(12)11-6-5-7(10)9(11,2)3/h7H,4-6,10H2,1-3H3. The molecule has 0 aromatic heterocycles. The Hall–Kier alpha value is -0.570. The van der Waals surface area contributed by atoms with Gasteiger partial charge in [-0.15, -0.1) is 0 Å². The Labute approximate surface area is 73.9 Å². The van der Waals surface area contributed by atoms with Crippen LogP contribution in [0, 0.1) is 0 Å². The lowest BCUT2D eigenvalue weighted by atomic mass is 9.96. The lowest BCUT2D eigenvalue weighted by molar-refractivity contribution is -0.134. The second-order valence-electron chi connectivity index (χ2n) is 3.95. The van der Waals surface area contributed by atoms with E-state index in [9.17, 15) is 4.79 Å². The third kappa shape index (κ3) is 1.33. The number of carbonyl (C=O) groups excluding carboxylic acids is 1. The van der Waals surface area contributed by atoms with Crippen LogP contribution in [0.15, 0.2) is 0 Å². The molecule has 3 heteroatoms. The second-order valence-corrected chi connectivity index (χ2v) is 3.95. The Morgan fingerprint density at radius 3 is 2.58 bits per heavy atom. The van der Waals surface area contributed by atoms with Gasteiger partial charge in [-0.2, -0.15) is 0 Å². The molecule has 1 fully saturated rings. The number of nitrogens with two attached hydrogens (primary N) is 1. The maximum atomic E-state index is 11.4. The molecule has 12 heavy (non-hydrogen) atoms. The van der Waals surface area contributed by atoms with Gasteiger partial charge in [-0.25, -0.2) is 0 Å². The predicted octanol–water partition coefficient (Wildman–Crippen LogP) is 0.735. The van der Waals surface area contributed by atoms with E-state index >= 15 is 0 Å². The Morgan fingerprint density at radius 1 is 1.67 bits per heavy atom. The van der Waals surface area contributed by atoms with Crippen LogP contribution in [-0.2, 0) is 4.79 Å². The Kier molecular flexibility index (Phi) is 2.42. The first-order valence-corrected chi connectivity index (χ1v) is 4.56. The summed E-state index contributed by atoms with van der Waals surface area (Å²) in [5.74, 6) is 0.216. The molecule has 1 rings (SSSR count). The van der Waals surface area contributed by atoms with Gasteiger partial charge in [0.05, 0.1) is 5.54 Å². The highest BCUT2D eigenvalue weighted by Gasteiger charge is 2.40. The van der Waals surface area contributed by atoms with Crippen molar-refractivity contribution in [2.75, 3.05) is 6.54 Å². The lowest BCUT2D eigenvalue weighted by Gasteiger charge is -2.34. The van der Waals surface area contributed by atoms with Crippen LogP contribution in [0.2, 0.25) is 0 Å². The molecule has 0 aromatic carbocycles. The van der Waals surface area contributed by atoms with Gasteiger partial charge < -0.3 is 10.6 Å². The minimum absolute atomic E-state index is 0.132. The first kappa shape index (κ1) is 9.52. The van der Waals surface area contributed by atoms with Crippen molar-refractivity contribution in [2.24, 2.45) is 5.73 Å². The van der Waals surface area contributed by atoms with Gasteiger partial charge >= 0.3 is 0 Å². The lowest BCUT2D eigenvalue weighted by Crippen LogP contribution is -2.50. The average Bonchev–Trinajstić information content (AvgIpc) is 2.27. The topological polar surface area (TPSA) is 46.3 Å². The molecule has 0 bridgehead atoms. The molecule has 1 atom stereocenters. The highest BCUT2D eigenvalue weighted by Crippen LogP contribution is 2.27. The number of amides is 1. The number of likely N-dealkylation sites (tertiary alicyclic amines) is 1. The van der Waals surface area contributed by atoms with Crippen LogP contribution < -0.4 is 5.73 Å². The van der Waals surface area contributed by atoms with E-state index in [0.717, 1.165) is 13.0 Å². The summed E-state index contributed by atoms with van der Waals surface area (Å²) >= 11 is 0. The fourth-order valence-corrected chi connectivity index (χ4v) is 1.75. The molecule has 0 radical (unpaired) electrons. The molecular formula is C9H18N2O. The summed E-state index contributed by atoms with van der Waals surface area (Å²) < 4.78 is 0. The van der Waals surface area contributed by atoms with E-state index in [0.29, 0.717) is 6.42 Å². The van der Waals surface area contributed by atoms with Crippen LogP contribution in [0.1, 0.15) is 33.6 Å². The molecule has 1 heterocycles. The summed E-state index contributed by atoms with van der Waals surface area (Å²) in [5, 5.41) is 0. The molecule has 1 unspecified atom stereocenters. The van der Waals surface area contributed by atoms with E-state index in [4.69, 9.17) is 5.73 Å². The van der Waals surface area contributed by atoms with Crippen molar-refractivity contribution in [3.8, 4) is 0 Å². The zero-order valence-corrected chi connectivity index (χ0v) is 8.13. The number of rotatable bonds is 1. The van der Waals surface area contributed by atoms with Gasteiger partial charge in [0.25, 0.3) is 0 Å². The maximum Gasteiger partial charge on any atom is 0.222 e. The fourth-order valence-electron chi connectivity index (χ4n) is 1.75. The van der Waals surface area contributed by atoms with Crippen molar-refractivity contribution >= 4 is 5.91 Å². The number of nitrogens with zero attached hydrogens (tertiary/aromatic N) is 1. The molecule has 0 aromatic rings. The Bertz CT molecular complexity index is 189. The van der Waals surface area contributed by atoms with E-state index in [-0.39, 0.29) is 17.5 Å². The number of carbonyl (C=O) groups is 1. The van der Waals surface area contributed by atoms with Gasteiger partial charge in [-0.3, -0.25) is 4.79 Å². The predicted molar refractivity (Wildman–Crippen MR) is 48.7 cm³/mol. The SMILES string of the molecule is CCC(=O)N1CCC(N)C1(C)C. The minimum Gasteiger partial charge on any atom is -0.336 e. The normalized spacial score (nSPS) is 27.7. The molecule has 2 N–H and O–H groups in total. The van der Waals surface area contributed by atoms with Gasteiger partial charge in [-0.05, 0) is 20.3 Å². The fraction of sp³-hybridized carbons (Fsp3) is 0.889. The third-order valence-electron chi connectivity index (χ3n) is 2.87. The highest BCUT2D eigenvalue weighted by molar-refractivity contribution is 5.77. The van der Waals surface area contributed by atoms with Gasteiger partial charge in [-0.1, -0.05) is 6.92 Å². The molecular weight excluding hydrogens is 152 g/mol. The average molecular weight is 170 g/mol. The summed E-state index contributed by atoms with van der Waals surface area (Å²) in [5.41, 5.74) is 5.76. The van der Waals surface area contributed by atoms with Crippen LogP contribution in [0.3, 0.4) is 0 Å². The largest absolute Gasteiger partial charge is 0.336 e. The first-order valence-electron chi connectivity index (χ1n) is 4.56. The van der Waals surface area contributed by atoms with Crippen molar-refractivity contribution in [3.63, 3.8) is 0 Å². The zero-order chi connectivity index (χ0) is 9.35. The van der Waals surface area contributed by atoms with E-state index in [1.54, 1.807) is 0 Å². The molecule has 1 saturated heterocycles.